The molecule has 21 heavy (non-hydrogen) atoms. The number of rotatable bonds is 3. The molecular weight excluding hydrogens is 283 g/mol. The maximum absolute atomic E-state index is 12.6. The number of nitrogens with one attached hydrogen (secondary N) is 2. The van der Waals surface area contributed by atoms with Crippen molar-refractivity contribution in [3.8, 4) is 0 Å². The Hall–Kier alpha value is -1.76. The van der Waals surface area contributed by atoms with E-state index >= 15 is 0 Å². The summed E-state index contributed by atoms with van der Waals surface area (Å²) < 4.78 is 37.7. The lowest BCUT2D eigenvalue weighted by Crippen LogP contribution is -2.50. The molecule has 1 heterocycles. The maximum Gasteiger partial charge on any atom is 0.416 e. The smallest absolute Gasteiger partial charge is 0.338 e. The van der Waals surface area contributed by atoms with E-state index in [0.29, 0.717) is 31.6 Å². The fourth-order valence-corrected chi connectivity index (χ4v) is 2.20. The van der Waals surface area contributed by atoms with Gasteiger partial charge in [-0.1, -0.05) is 18.2 Å². The molecule has 4 nitrogen and oxygen atoms in total. The number of halogens is 3. The molecule has 1 saturated heterocycles. The topological polar surface area (TPSA) is 44.4 Å². The van der Waals surface area contributed by atoms with Gasteiger partial charge in [0, 0.05) is 32.7 Å². The van der Waals surface area contributed by atoms with Gasteiger partial charge in [0.05, 0.1) is 5.56 Å². The Kier molecular flexibility index (Phi) is 5.06. The Bertz CT molecular complexity index is 485. The van der Waals surface area contributed by atoms with Crippen molar-refractivity contribution >= 4 is 6.03 Å². The fourth-order valence-electron chi connectivity index (χ4n) is 2.20. The SMILES string of the molecule is O=C(NCCc1cccc(C(F)(F)F)c1)N1CCNCC1. The van der Waals surface area contributed by atoms with Crippen LogP contribution in [0.1, 0.15) is 11.1 Å². The quantitative estimate of drug-likeness (QED) is 0.895. The maximum atomic E-state index is 12.6. The van der Waals surface area contributed by atoms with Crippen LogP contribution in [0.5, 0.6) is 0 Å². The summed E-state index contributed by atoms with van der Waals surface area (Å²) in [4.78, 5) is 13.5. The number of amides is 2. The molecule has 2 rings (SSSR count). The van der Waals surface area contributed by atoms with E-state index in [2.05, 4.69) is 10.6 Å². The van der Waals surface area contributed by atoms with Crippen LogP contribution in [0.15, 0.2) is 24.3 Å². The van der Waals surface area contributed by atoms with E-state index < -0.39 is 11.7 Å². The number of hydrogen-bond acceptors (Lipinski definition) is 2. The molecule has 1 aliphatic rings. The highest BCUT2D eigenvalue weighted by atomic mass is 19.4. The molecule has 0 unspecified atom stereocenters. The summed E-state index contributed by atoms with van der Waals surface area (Å²) >= 11 is 0. The molecule has 0 radical (unpaired) electrons. The lowest BCUT2D eigenvalue weighted by Gasteiger charge is -2.27. The average Bonchev–Trinajstić information content (AvgIpc) is 2.47. The second kappa shape index (κ2) is 6.80. The molecule has 2 N–H and O–H groups in total. The molecule has 0 aliphatic carbocycles. The van der Waals surface area contributed by atoms with Gasteiger partial charge in [0.1, 0.15) is 0 Å². The van der Waals surface area contributed by atoms with E-state index in [1.807, 2.05) is 0 Å². The minimum Gasteiger partial charge on any atom is -0.338 e. The highest BCUT2D eigenvalue weighted by Gasteiger charge is 2.30. The molecule has 0 saturated carbocycles. The molecule has 0 atom stereocenters. The van der Waals surface area contributed by atoms with Gasteiger partial charge in [-0.15, -0.1) is 0 Å². The summed E-state index contributed by atoms with van der Waals surface area (Å²) in [6.45, 7) is 3.15. The van der Waals surface area contributed by atoms with Crippen molar-refractivity contribution in [2.75, 3.05) is 32.7 Å². The Morgan fingerprint density at radius 3 is 2.67 bits per heavy atom. The van der Waals surface area contributed by atoms with Gasteiger partial charge in [-0.2, -0.15) is 13.2 Å². The molecule has 1 aliphatic heterocycles. The van der Waals surface area contributed by atoms with Crippen LogP contribution in [-0.4, -0.2) is 43.7 Å². The summed E-state index contributed by atoms with van der Waals surface area (Å²) in [5, 5.41) is 5.88. The van der Waals surface area contributed by atoms with Crippen molar-refractivity contribution in [1.29, 1.82) is 0 Å². The van der Waals surface area contributed by atoms with Gasteiger partial charge in [-0.3, -0.25) is 0 Å². The zero-order valence-corrected chi connectivity index (χ0v) is 11.5. The lowest BCUT2D eigenvalue weighted by molar-refractivity contribution is -0.137. The zero-order valence-electron chi connectivity index (χ0n) is 11.5. The second-order valence-corrected chi connectivity index (χ2v) is 4.92. The number of hydrogen-bond donors (Lipinski definition) is 2. The fraction of sp³-hybridized carbons (Fsp3) is 0.500. The van der Waals surface area contributed by atoms with Crippen molar-refractivity contribution in [3.63, 3.8) is 0 Å². The summed E-state index contributed by atoms with van der Waals surface area (Å²) in [6, 6.07) is 5.02. The molecule has 7 heteroatoms. The molecule has 0 aromatic heterocycles. The first-order chi connectivity index (χ1) is 9.97. The third kappa shape index (κ3) is 4.63. The number of piperazine rings is 1. The minimum atomic E-state index is -4.33. The van der Waals surface area contributed by atoms with Crippen LogP contribution < -0.4 is 10.6 Å². The van der Waals surface area contributed by atoms with E-state index in [1.165, 1.54) is 6.07 Å². The molecule has 0 bridgehead atoms. The molecule has 0 spiro atoms. The molecule has 1 aromatic rings. The van der Waals surface area contributed by atoms with Crippen LogP contribution in [0.25, 0.3) is 0 Å². The molecule has 1 fully saturated rings. The third-order valence-corrected chi connectivity index (χ3v) is 3.35. The van der Waals surface area contributed by atoms with Crippen LogP contribution >= 0.6 is 0 Å². The van der Waals surface area contributed by atoms with Gasteiger partial charge in [-0.25, -0.2) is 4.79 Å². The number of carbonyl (C=O) groups is 1. The Balaban J connectivity index is 1.82. The number of nitrogens with zero attached hydrogens (tertiary/aromatic N) is 1. The van der Waals surface area contributed by atoms with E-state index in [9.17, 15) is 18.0 Å². The number of carbonyl (C=O) groups excluding carboxylic acids is 1. The Morgan fingerprint density at radius 2 is 2.00 bits per heavy atom. The van der Waals surface area contributed by atoms with Gasteiger partial charge in [0.25, 0.3) is 0 Å². The standard InChI is InChI=1S/C14H18F3N3O/c15-14(16,17)12-3-1-2-11(10-12)4-5-19-13(21)20-8-6-18-7-9-20/h1-3,10,18H,4-9H2,(H,19,21). The van der Waals surface area contributed by atoms with Crippen molar-refractivity contribution in [2.45, 2.75) is 12.6 Å². The van der Waals surface area contributed by atoms with Gasteiger partial charge >= 0.3 is 12.2 Å². The molecule has 116 valence electrons. The van der Waals surface area contributed by atoms with E-state index in [4.69, 9.17) is 0 Å². The summed E-state index contributed by atoms with van der Waals surface area (Å²) in [5.41, 5.74) is -0.0983. The number of alkyl halides is 3. The summed E-state index contributed by atoms with van der Waals surface area (Å²) in [6.07, 6.45) is -3.96. The van der Waals surface area contributed by atoms with E-state index in [0.717, 1.165) is 25.2 Å². The number of urea groups is 1. The van der Waals surface area contributed by atoms with Crippen molar-refractivity contribution < 1.29 is 18.0 Å². The first-order valence-corrected chi connectivity index (χ1v) is 6.86. The molecular formula is C14H18F3N3O. The van der Waals surface area contributed by atoms with E-state index in [-0.39, 0.29) is 6.03 Å². The summed E-state index contributed by atoms with van der Waals surface area (Å²) in [5.74, 6) is 0. The second-order valence-electron chi connectivity index (χ2n) is 4.92. The van der Waals surface area contributed by atoms with Crippen molar-refractivity contribution in [1.82, 2.24) is 15.5 Å². The van der Waals surface area contributed by atoms with Gasteiger partial charge in [0.15, 0.2) is 0 Å². The van der Waals surface area contributed by atoms with Crippen LogP contribution in [0, 0.1) is 0 Å². The predicted octanol–water partition coefficient (Wildman–Crippen LogP) is 1.86. The largest absolute Gasteiger partial charge is 0.416 e. The van der Waals surface area contributed by atoms with Crippen LogP contribution in [-0.2, 0) is 12.6 Å². The van der Waals surface area contributed by atoms with Gasteiger partial charge in [-0.05, 0) is 18.1 Å². The van der Waals surface area contributed by atoms with Crippen LogP contribution in [0.2, 0.25) is 0 Å². The zero-order chi connectivity index (χ0) is 15.3. The first-order valence-electron chi connectivity index (χ1n) is 6.86. The predicted molar refractivity (Wildman–Crippen MR) is 73.0 cm³/mol. The van der Waals surface area contributed by atoms with Crippen LogP contribution in [0.4, 0.5) is 18.0 Å². The minimum absolute atomic E-state index is 0.163. The monoisotopic (exact) mass is 301 g/mol. The van der Waals surface area contributed by atoms with Gasteiger partial charge < -0.3 is 15.5 Å². The Labute approximate surface area is 121 Å². The van der Waals surface area contributed by atoms with E-state index in [1.54, 1.807) is 11.0 Å². The van der Waals surface area contributed by atoms with Crippen LogP contribution in [0.3, 0.4) is 0 Å². The molecule has 2 amide bonds. The number of benzene rings is 1. The van der Waals surface area contributed by atoms with Crippen molar-refractivity contribution in [2.24, 2.45) is 0 Å². The Morgan fingerprint density at radius 1 is 1.29 bits per heavy atom. The third-order valence-electron chi connectivity index (χ3n) is 3.35. The lowest BCUT2D eigenvalue weighted by atomic mass is 10.1. The first kappa shape index (κ1) is 15.6. The normalized spacial score (nSPS) is 15.9. The highest BCUT2D eigenvalue weighted by molar-refractivity contribution is 5.74. The summed E-state index contributed by atoms with van der Waals surface area (Å²) in [7, 11) is 0. The average molecular weight is 301 g/mol. The molecule has 1 aromatic carbocycles. The van der Waals surface area contributed by atoms with Gasteiger partial charge in [0.2, 0.25) is 0 Å². The highest BCUT2D eigenvalue weighted by Crippen LogP contribution is 2.29. The van der Waals surface area contributed by atoms with Crippen molar-refractivity contribution in [3.05, 3.63) is 35.4 Å².